The molecule has 0 fully saturated rings. The number of carbonyl (C=O) groups is 6. The van der Waals surface area contributed by atoms with E-state index in [0.717, 1.165) is 12.2 Å². The number of nitro benzene ring substituents is 1. The zero-order valence-electron chi connectivity index (χ0n) is 25.6. The minimum atomic E-state index is -1.01. The quantitative estimate of drug-likeness (QED) is 0.0725. The molecule has 0 aliphatic carbocycles. The Morgan fingerprint density at radius 2 is 1.54 bits per heavy atom. The lowest BCUT2D eigenvalue weighted by Gasteiger charge is -2.24. The van der Waals surface area contributed by atoms with E-state index in [4.69, 9.17) is 9.47 Å². The lowest BCUT2D eigenvalue weighted by Crippen LogP contribution is -2.54. The largest absolute Gasteiger partial charge is 0.514 e. The van der Waals surface area contributed by atoms with Gasteiger partial charge in [0, 0.05) is 42.9 Å². The molecule has 0 heterocycles. The second-order valence-electron chi connectivity index (χ2n) is 9.99. The predicted molar refractivity (Wildman–Crippen MR) is 162 cm³/mol. The molecule has 0 saturated carbocycles. The van der Waals surface area contributed by atoms with E-state index in [1.165, 1.54) is 38.3 Å². The highest BCUT2D eigenvalue weighted by molar-refractivity contribution is 5.98. The monoisotopic (exact) mass is 641 g/mol. The van der Waals surface area contributed by atoms with Crippen LogP contribution in [0.25, 0.3) is 0 Å². The van der Waals surface area contributed by atoms with Gasteiger partial charge in [0.15, 0.2) is 0 Å². The Bertz CT molecular complexity index is 1440. The highest BCUT2D eigenvalue weighted by atomic mass is 16.7. The smallest absolute Gasteiger partial charge is 0.466 e. The number of nitrogens with one attached hydrogen (secondary N) is 4. The SMILES string of the molecule is COC(=O)/C=C/C(=O)NCCC(=O)N[C@H](C(=O)N[C@@H](C)C(=O)Nc1ccc(COC(=O)Oc2ccc([N+](=O)[O-])cc2)cc1)C(C)C. The third kappa shape index (κ3) is 12.8. The number of methoxy groups -OCH3 is 1. The van der Waals surface area contributed by atoms with E-state index in [2.05, 4.69) is 26.0 Å². The van der Waals surface area contributed by atoms with Crippen LogP contribution < -0.4 is 26.0 Å². The van der Waals surface area contributed by atoms with E-state index < -0.39 is 52.8 Å². The van der Waals surface area contributed by atoms with E-state index in [-0.39, 0.29) is 36.9 Å². The van der Waals surface area contributed by atoms with E-state index in [0.29, 0.717) is 11.3 Å². The molecule has 0 aliphatic rings. The molecule has 16 nitrogen and oxygen atoms in total. The van der Waals surface area contributed by atoms with Gasteiger partial charge in [0.25, 0.3) is 5.69 Å². The number of carbonyl (C=O) groups excluding carboxylic acids is 6. The number of nitrogens with zero attached hydrogens (tertiary/aromatic N) is 1. The Labute approximate surface area is 264 Å². The van der Waals surface area contributed by atoms with Crippen molar-refractivity contribution in [1.82, 2.24) is 16.0 Å². The summed E-state index contributed by atoms with van der Waals surface area (Å²) in [5.41, 5.74) is 0.826. The number of hydrogen-bond acceptors (Lipinski definition) is 11. The summed E-state index contributed by atoms with van der Waals surface area (Å²) < 4.78 is 14.4. The van der Waals surface area contributed by atoms with E-state index in [9.17, 15) is 38.9 Å². The van der Waals surface area contributed by atoms with Gasteiger partial charge in [-0.25, -0.2) is 9.59 Å². The molecule has 246 valence electrons. The van der Waals surface area contributed by atoms with Crippen LogP contribution in [0.5, 0.6) is 5.75 Å². The molecule has 0 unspecified atom stereocenters. The van der Waals surface area contributed by atoms with Crippen molar-refractivity contribution in [3.63, 3.8) is 0 Å². The van der Waals surface area contributed by atoms with Gasteiger partial charge in [0.1, 0.15) is 24.4 Å². The van der Waals surface area contributed by atoms with E-state index >= 15 is 0 Å². The molecule has 2 atom stereocenters. The van der Waals surface area contributed by atoms with Gasteiger partial charge in [-0.15, -0.1) is 0 Å². The third-order valence-electron chi connectivity index (χ3n) is 6.07. The zero-order valence-corrected chi connectivity index (χ0v) is 25.6. The average Bonchev–Trinajstić information content (AvgIpc) is 3.02. The van der Waals surface area contributed by atoms with Crippen LogP contribution in [0.4, 0.5) is 16.2 Å². The number of benzene rings is 2. The van der Waals surface area contributed by atoms with Gasteiger partial charge in [0.2, 0.25) is 23.6 Å². The summed E-state index contributed by atoms with van der Waals surface area (Å²) in [6.07, 6.45) is 0.761. The molecule has 0 spiro atoms. The Balaban J connectivity index is 1.79. The van der Waals surface area contributed by atoms with Crippen molar-refractivity contribution >= 4 is 47.1 Å². The number of amides is 4. The van der Waals surface area contributed by atoms with Crippen molar-refractivity contribution in [1.29, 1.82) is 0 Å². The highest BCUT2D eigenvalue weighted by Crippen LogP contribution is 2.18. The van der Waals surface area contributed by atoms with Gasteiger partial charge in [-0.3, -0.25) is 29.3 Å². The van der Waals surface area contributed by atoms with Crippen molar-refractivity contribution in [2.45, 2.75) is 45.9 Å². The molecule has 2 rings (SSSR count). The third-order valence-corrected chi connectivity index (χ3v) is 6.07. The number of rotatable bonds is 15. The first-order valence-corrected chi connectivity index (χ1v) is 13.9. The molecule has 2 aromatic carbocycles. The number of hydrogen-bond donors (Lipinski definition) is 4. The highest BCUT2D eigenvalue weighted by Gasteiger charge is 2.27. The lowest BCUT2D eigenvalue weighted by atomic mass is 10.0. The molecular formula is C30H35N5O11. The van der Waals surface area contributed by atoms with Crippen LogP contribution in [0.1, 0.15) is 32.8 Å². The fraction of sp³-hybridized carbons (Fsp3) is 0.333. The summed E-state index contributed by atoms with van der Waals surface area (Å²) in [6.45, 7) is 4.72. The standard InChI is InChI=1S/C30H35N5O11/c1-18(2)27(34-25(37)15-16-31-24(36)13-14-26(38)44-4)29(40)32-19(3)28(39)33-21-7-5-20(6-8-21)17-45-30(41)46-23-11-9-22(10-12-23)35(42)43/h5-14,18-19,27H,15-17H2,1-4H3,(H,31,36)(H,32,40)(H,33,39)(H,34,37)/b14-13+/t19-,27-/m0/s1. The van der Waals surface area contributed by atoms with Gasteiger partial charge in [-0.1, -0.05) is 26.0 Å². The fourth-order valence-electron chi connectivity index (χ4n) is 3.56. The first kappa shape index (κ1) is 36.4. The van der Waals surface area contributed by atoms with Crippen LogP contribution >= 0.6 is 0 Å². The fourth-order valence-corrected chi connectivity index (χ4v) is 3.56. The maximum absolute atomic E-state index is 12.9. The van der Waals surface area contributed by atoms with Gasteiger partial charge < -0.3 is 35.5 Å². The maximum atomic E-state index is 12.9. The Hall–Kier alpha value is -5.80. The number of esters is 1. The zero-order chi connectivity index (χ0) is 34.2. The number of nitro groups is 1. The van der Waals surface area contributed by atoms with Crippen LogP contribution in [0.2, 0.25) is 0 Å². The van der Waals surface area contributed by atoms with Crippen LogP contribution in [0.15, 0.2) is 60.7 Å². The Morgan fingerprint density at radius 3 is 2.13 bits per heavy atom. The van der Waals surface area contributed by atoms with Crippen LogP contribution in [-0.2, 0) is 40.1 Å². The average molecular weight is 642 g/mol. The van der Waals surface area contributed by atoms with Gasteiger partial charge >= 0.3 is 12.1 Å². The molecule has 4 N–H and O–H groups in total. The lowest BCUT2D eigenvalue weighted by molar-refractivity contribution is -0.384. The van der Waals surface area contributed by atoms with Crippen LogP contribution in [0.3, 0.4) is 0 Å². The van der Waals surface area contributed by atoms with Gasteiger partial charge in [-0.2, -0.15) is 0 Å². The summed E-state index contributed by atoms with van der Waals surface area (Å²) in [5.74, 6) is -3.16. The minimum Gasteiger partial charge on any atom is -0.466 e. The molecular weight excluding hydrogens is 606 g/mol. The summed E-state index contributed by atoms with van der Waals surface area (Å²) >= 11 is 0. The van der Waals surface area contributed by atoms with Crippen molar-refractivity contribution in [2.75, 3.05) is 19.0 Å². The molecule has 0 bridgehead atoms. The second kappa shape index (κ2) is 18.1. The minimum absolute atomic E-state index is 0.0431. The number of ether oxygens (including phenoxy) is 3. The van der Waals surface area contributed by atoms with Crippen molar-refractivity contribution in [3.8, 4) is 5.75 Å². The second-order valence-corrected chi connectivity index (χ2v) is 9.99. The summed E-state index contributed by atoms with van der Waals surface area (Å²) in [7, 11) is 1.17. The molecule has 0 aromatic heterocycles. The normalized spacial score (nSPS) is 11.9. The summed E-state index contributed by atoms with van der Waals surface area (Å²) in [4.78, 5) is 82.7. The van der Waals surface area contributed by atoms with E-state index in [1.807, 2.05) is 0 Å². The Kier molecular flexibility index (Phi) is 14.3. The van der Waals surface area contributed by atoms with Crippen LogP contribution in [-0.4, -0.2) is 66.4 Å². The topological polar surface area (TPSA) is 221 Å². The number of anilines is 1. The Morgan fingerprint density at radius 1 is 0.891 bits per heavy atom. The van der Waals surface area contributed by atoms with Gasteiger partial charge in [0.05, 0.1) is 12.0 Å². The predicted octanol–water partition coefficient (Wildman–Crippen LogP) is 2.13. The molecule has 16 heteroatoms. The summed E-state index contributed by atoms with van der Waals surface area (Å²) in [5, 5.41) is 21.0. The van der Waals surface area contributed by atoms with Crippen molar-refractivity contribution in [2.24, 2.45) is 5.92 Å². The maximum Gasteiger partial charge on any atom is 0.514 e. The summed E-state index contributed by atoms with van der Waals surface area (Å²) in [6, 6.07) is 9.30. The van der Waals surface area contributed by atoms with Crippen molar-refractivity contribution < 1.29 is 47.9 Å². The molecule has 0 radical (unpaired) electrons. The number of non-ortho nitro benzene ring substituents is 1. The molecule has 46 heavy (non-hydrogen) atoms. The molecule has 4 amide bonds. The van der Waals surface area contributed by atoms with Crippen LogP contribution in [0, 0.1) is 16.0 Å². The van der Waals surface area contributed by atoms with Gasteiger partial charge in [-0.05, 0) is 42.7 Å². The van der Waals surface area contributed by atoms with Crippen molar-refractivity contribution in [3.05, 3.63) is 76.4 Å². The molecule has 2 aromatic rings. The first-order chi connectivity index (χ1) is 21.8. The molecule has 0 saturated heterocycles. The molecule has 0 aliphatic heterocycles. The van der Waals surface area contributed by atoms with E-state index in [1.54, 1.807) is 38.1 Å². The first-order valence-electron chi connectivity index (χ1n) is 13.9.